The molecule has 2 aliphatic carbocycles. The zero-order valence-electron chi connectivity index (χ0n) is 9.95. The van der Waals surface area contributed by atoms with Gasteiger partial charge in [-0.1, -0.05) is 0 Å². The Morgan fingerprint density at radius 3 is 2.25 bits per heavy atom. The van der Waals surface area contributed by atoms with E-state index in [9.17, 15) is 4.79 Å². The molecule has 92 valence electrons. The summed E-state index contributed by atoms with van der Waals surface area (Å²) in [6.07, 6.45) is 11.2. The fourth-order valence-electron chi connectivity index (χ4n) is 2.97. The molecule has 0 spiro atoms. The van der Waals surface area contributed by atoms with E-state index in [0.29, 0.717) is 16.8 Å². The van der Waals surface area contributed by atoms with E-state index in [1.807, 2.05) is 0 Å². The van der Waals surface area contributed by atoms with Crippen LogP contribution >= 0.6 is 0 Å². The minimum absolute atomic E-state index is 0.274. The summed E-state index contributed by atoms with van der Waals surface area (Å²) in [5.74, 6) is 0.605. The monoisotopic (exact) mass is 289 g/mol. The Morgan fingerprint density at radius 2 is 1.56 bits per heavy atom. The maximum atomic E-state index is 12.2. The Kier molecular flexibility index (Phi) is 4.72. The molecule has 2 fully saturated rings. The SMILES string of the molecule is O=C(NC1CCCCC1)C1CCCCC1[SeH]. The van der Waals surface area contributed by atoms with E-state index in [0.717, 1.165) is 6.42 Å². The van der Waals surface area contributed by atoms with Crippen molar-refractivity contribution in [3.05, 3.63) is 0 Å². The summed E-state index contributed by atoms with van der Waals surface area (Å²) in [6.45, 7) is 0. The predicted molar refractivity (Wildman–Crippen MR) is 67.9 cm³/mol. The number of amides is 1. The molecule has 2 atom stereocenters. The fraction of sp³-hybridized carbons (Fsp3) is 0.923. The number of carbonyl (C=O) groups excluding carboxylic acids is 1. The second-order valence-electron chi connectivity index (χ2n) is 5.30. The van der Waals surface area contributed by atoms with Gasteiger partial charge in [-0.15, -0.1) is 0 Å². The van der Waals surface area contributed by atoms with Gasteiger partial charge < -0.3 is 0 Å². The third-order valence-electron chi connectivity index (χ3n) is 4.02. The summed E-state index contributed by atoms with van der Waals surface area (Å²) in [5.41, 5.74) is 0. The van der Waals surface area contributed by atoms with Crippen molar-refractivity contribution >= 4 is 21.9 Å². The van der Waals surface area contributed by atoms with Gasteiger partial charge in [0, 0.05) is 0 Å². The fourth-order valence-corrected chi connectivity index (χ4v) is 3.95. The number of hydrogen-bond acceptors (Lipinski definition) is 1. The molecule has 0 aromatic rings. The molecule has 0 heterocycles. The number of hydrogen-bond donors (Lipinski definition) is 1. The van der Waals surface area contributed by atoms with Crippen LogP contribution in [0.5, 0.6) is 0 Å². The van der Waals surface area contributed by atoms with E-state index in [1.54, 1.807) is 0 Å². The molecule has 2 saturated carbocycles. The molecule has 2 nitrogen and oxygen atoms in total. The van der Waals surface area contributed by atoms with Crippen LogP contribution in [0.2, 0.25) is 4.82 Å². The van der Waals surface area contributed by atoms with Crippen molar-refractivity contribution < 1.29 is 4.79 Å². The minimum atomic E-state index is 0.274. The third-order valence-corrected chi connectivity index (χ3v) is 5.31. The molecule has 1 N–H and O–H groups in total. The first kappa shape index (κ1) is 12.4. The molecule has 0 bridgehead atoms. The van der Waals surface area contributed by atoms with Gasteiger partial charge in [-0.3, -0.25) is 0 Å². The molecule has 2 unspecified atom stereocenters. The second kappa shape index (κ2) is 6.07. The van der Waals surface area contributed by atoms with Gasteiger partial charge in [0.1, 0.15) is 0 Å². The van der Waals surface area contributed by atoms with Crippen LogP contribution in [0.15, 0.2) is 0 Å². The van der Waals surface area contributed by atoms with Gasteiger partial charge >= 0.3 is 107 Å². The topological polar surface area (TPSA) is 29.1 Å². The Hall–Kier alpha value is -0.0105. The Morgan fingerprint density at radius 1 is 0.938 bits per heavy atom. The zero-order valence-corrected chi connectivity index (χ0v) is 11.8. The normalized spacial score (nSPS) is 32.3. The van der Waals surface area contributed by atoms with Gasteiger partial charge in [0.15, 0.2) is 0 Å². The molecule has 0 aromatic heterocycles. The maximum absolute atomic E-state index is 12.2. The number of nitrogens with one attached hydrogen (secondary N) is 1. The number of rotatable bonds is 2. The Bertz CT molecular complexity index is 238. The van der Waals surface area contributed by atoms with Crippen molar-refractivity contribution in [2.75, 3.05) is 0 Å². The molecular formula is C13H23NOSe. The third kappa shape index (κ3) is 3.24. The summed E-state index contributed by atoms with van der Waals surface area (Å²) >= 11 is 2.71. The van der Waals surface area contributed by atoms with Gasteiger partial charge in [0.25, 0.3) is 0 Å². The summed E-state index contributed by atoms with van der Waals surface area (Å²) in [6, 6.07) is 0.475. The second-order valence-corrected chi connectivity index (χ2v) is 6.69. The molecule has 0 aliphatic heterocycles. The Labute approximate surface area is 107 Å². The molecule has 0 saturated heterocycles. The van der Waals surface area contributed by atoms with Gasteiger partial charge in [-0.05, 0) is 0 Å². The van der Waals surface area contributed by atoms with E-state index in [1.165, 1.54) is 51.4 Å². The van der Waals surface area contributed by atoms with E-state index in [2.05, 4.69) is 21.3 Å². The number of carbonyl (C=O) groups is 1. The predicted octanol–water partition coefficient (Wildman–Crippen LogP) is 2.31. The van der Waals surface area contributed by atoms with Gasteiger partial charge in [-0.2, -0.15) is 0 Å². The summed E-state index contributed by atoms with van der Waals surface area (Å²) in [7, 11) is 0. The average Bonchev–Trinajstić information content (AvgIpc) is 2.31. The average molecular weight is 288 g/mol. The molecule has 1 amide bonds. The van der Waals surface area contributed by atoms with Crippen LogP contribution in [0.3, 0.4) is 0 Å². The quantitative estimate of drug-likeness (QED) is 0.776. The Balaban J connectivity index is 1.81. The van der Waals surface area contributed by atoms with Crippen molar-refractivity contribution in [2.24, 2.45) is 5.92 Å². The van der Waals surface area contributed by atoms with Crippen molar-refractivity contribution in [3.63, 3.8) is 0 Å². The van der Waals surface area contributed by atoms with Crippen LogP contribution in [0.1, 0.15) is 57.8 Å². The summed E-state index contributed by atoms with van der Waals surface area (Å²) in [5, 5.41) is 3.27. The standard InChI is InChI=1S/C13H23NOSe/c15-13(11-8-4-5-9-12(11)16)14-10-6-2-1-3-7-10/h10-12,16H,1-9H2,(H,14,15). The molecule has 0 radical (unpaired) electrons. The van der Waals surface area contributed by atoms with Crippen LogP contribution in [-0.2, 0) is 4.79 Å². The van der Waals surface area contributed by atoms with Crippen molar-refractivity contribution in [1.82, 2.24) is 5.32 Å². The molecule has 0 aromatic carbocycles. The van der Waals surface area contributed by atoms with Crippen LogP contribution < -0.4 is 5.32 Å². The van der Waals surface area contributed by atoms with Crippen LogP contribution in [0.25, 0.3) is 0 Å². The van der Waals surface area contributed by atoms with Gasteiger partial charge in [-0.25, -0.2) is 0 Å². The summed E-state index contributed by atoms with van der Waals surface area (Å²) in [4.78, 5) is 12.7. The first-order valence-corrected chi connectivity index (χ1v) is 7.84. The van der Waals surface area contributed by atoms with E-state index in [-0.39, 0.29) is 5.92 Å². The van der Waals surface area contributed by atoms with Gasteiger partial charge in [0.2, 0.25) is 0 Å². The van der Waals surface area contributed by atoms with Crippen LogP contribution in [0, 0.1) is 5.92 Å². The molecule has 16 heavy (non-hydrogen) atoms. The van der Waals surface area contributed by atoms with Crippen LogP contribution in [0.4, 0.5) is 0 Å². The van der Waals surface area contributed by atoms with Crippen molar-refractivity contribution in [2.45, 2.75) is 68.6 Å². The molecule has 2 aliphatic rings. The first-order valence-electron chi connectivity index (χ1n) is 6.76. The zero-order chi connectivity index (χ0) is 11.4. The van der Waals surface area contributed by atoms with E-state index >= 15 is 0 Å². The summed E-state index contributed by atoms with van der Waals surface area (Å²) < 4.78 is 0. The van der Waals surface area contributed by atoms with E-state index < -0.39 is 0 Å². The van der Waals surface area contributed by atoms with Gasteiger partial charge in [0.05, 0.1) is 0 Å². The molecule has 2 rings (SSSR count). The van der Waals surface area contributed by atoms with Crippen LogP contribution in [-0.4, -0.2) is 28.0 Å². The first-order chi connectivity index (χ1) is 7.77. The van der Waals surface area contributed by atoms with Crippen molar-refractivity contribution in [1.29, 1.82) is 0 Å². The molecule has 3 heteroatoms. The molecular weight excluding hydrogens is 265 g/mol. The van der Waals surface area contributed by atoms with E-state index in [4.69, 9.17) is 0 Å². The van der Waals surface area contributed by atoms with Crippen molar-refractivity contribution in [3.8, 4) is 0 Å².